The average Bonchev–Trinajstić information content (AvgIpc) is 2.63. The SMILES string of the molecule is CNC(c1cc(C)c(C)s1)c1c(C)cc(C)cc1F. The number of halogens is 1. The molecule has 0 spiro atoms. The van der Waals surface area contributed by atoms with E-state index in [2.05, 4.69) is 25.2 Å². The monoisotopic (exact) mass is 277 g/mol. The molecule has 1 atom stereocenters. The largest absolute Gasteiger partial charge is 0.309 e. The van der Waals surface area contributed by atoms with Crippen LogP contribution < -0.4 is 5.32 Å². The van der Waals surface area contributed by atoms with Crippen LogP contribution >= 0.6 is 11.3 Å². The van der Waals surface area contributed by atoms with Gasteiger partial charge in [-0.2, -0.15) is 0 Å². The van der Waals surface area contributed by atoms with Crippen LogP contribution in [0.1, 0.15) is 38.0 Å². The van der Waals surface area contributed by atoms with Crippen molar-refractivity contribution in [2.24, 2.45) is 0 Å². The molecule has 0 aliphatic heterocycles. The molecule has 0 saturated heterocycles. The van der Waals surface area contributed by atoms with E-state index in [-0.39, 0.29) is 11.9 Å². The summed E-state index contributed by atoms with van der Waals surface area (Å²) in [5.74, 6) is -0.124. The van der Waals surface area contributed by atoms with Gasteiger partial charge >= 0.3 is 0 Å². The predicted molar refractivity (Wildman–Crippen MR) is 80.6 cm³/mol. The second-order valence-corrected chi connectivity index (χ2v) is 6.37. The Kier molecular flexibility index (Phi) is 4.07. The molecule has 1 nitrogen and oxygen atoms in total. The summed E-state index contributed by atoms with van der Waals surface area (Å²) in [6.45, 7) is 8.10. The Labute approximate surface area is 118 Å². The molecule has 1 aromatic heterocycles. The molecule has 19 heavy (non-hydrogen) atoms. The van der Waals surface area contributed by atoms with Crippen LogP contribution in [0.5, 0.6) is 0 Å². The zero-order valence-corrected chi connectivity index (χ0v) is 12.9. The molecule has 1 unspecified atom stereocenters. The third-order valence-corrected chi connectivity index (χ3v) is 4.75. The molecule has 0 radical (unpaired) electrons. The molecule has 1 aromatic carbocycles. The van der Waals surface area contributed by atoms with Crippen LogP contribution in [0.4, 0.5) is 4.39 Å². The Hall–Kier alpha value is -1.19. The summed E-state index contributed by atoms with van der Waals surface area (Å²) >= 11 is 1.73. The van der Waals surface area contributed by atoms with Crippen molar-refractivity contribution in [2.75, 3.05) is 7.05 Å². The molecular formula is C16H20FNS. The van der Waals surface area contributed by atoms with Crippen LogP contribution in [-0.2, 0) is 0 Å². The molecule has 102 valence electrons. The number of hydrogen-bond donors (Lipinski definition) is 1. The lowest BCUT2D eigenvalue weighted by Gasteiger charge is -2.19. The van der Waals surface area contributed by atoms with Crippen molar-refractivity contribution in [3.05, 3.63) is 56.0 Å². The highest BCUT2D eigenvalue weighted by molar-refractivity contribution is 7.12. The lowest BCUT2D eigenvalue weighted by Crippen LogP contribution is -2.19. The Morgan fingerprint density at radius 1 is 1.05 bits per heavy atom. The molecule has 2 aromatic rings. The second-order valence-electron chi connectivity index (χ2n) is 5.09. The molecule has 0 aliphatic rings. The van der Waals surface area contributed by atoms with Crippen LogP contribution in [0, 0.1) is 33.5 Å². The number of thiophene rings is 1. The van der Waals surface area contributed by atoms with Crippen molar-refractivity contribution in [1.82, 2.24) is 5.32 Å². The van der Waals surface area contributed by atoms with Gasteiger partial charge in [-0.25, -0.2) is 4.39 Å². The number of benzene rings is 1. The number of aryl methyl sites for hydroxylation is 4. The lowest BCUT2D eigenvalue weighted by molar-refractivity contribution is 0.575. The van der Waals surface area contributed by atoms with Gasteiger partial charge in [-0.1, -0.05) is 6.07 Å². The second kappa shape index (κ2) is 5.43. The van der Waals surface area contributed by atoms with Crippen LogP contribution in [0.15, 0.2) is 18.2 Å². The molecule has 1 N–H and O–H groups in total. The van der Waals surface area contributed by atoms with Gasteiger partial charge in [-0.3, -0.25) is 0 Å². The molecule has 3 heteroatoms. The van der Waals surface area contributed by atoms with Gasteiger partial charge in [0, 0.05) is 15.3 Å². The van der Waals surface area contributed by atoms with Gasteiger partial charge in [0.25, 0.3) is 0 Å². The van der Waals surface area contributed by atoms with Crippen molar-refractivity contribution in [2.45, 2.75) is 33.7 Å². The van der Waals surface area contributed by atoms with Gasteiger partial charge in [0.15, 0.2) is 0 Å². The first-order valence-corrected chi connectivity index (χ1v) is 7.26. The number of hydrogen-bond acceptors (Lipinski definition) is 2. The summed E-state index contributed by atoms with van der Waals surface area (Å²) in [6.07, 6.45) is 0. The van der Waals surface area contributed by atoms with E-state index in [9.17, 15) is 4.39 Å². The molecule has 0 fully saturated rings. The van der Waals surface area contributed by atoms with Gasteiger partial charge in [0.1, 0.15) is 5.82 Å². The van der Waals surface area contributed by atoms with E-state index in [1.165, 1.54) is 15.3 Å². The van der Waals surface area contributed by atoms with E-state index in [4.69, 9.17) is 0 Å². The smallest absolute Gasteiger partial charge is 0.128 e. The maximum absolute atomic E-state index is 14.3. The first kappa shape index (κ1) is 14.2. The summed E-state index contributed by atoms with van der Waals surface area (Å²) in [4.78, 5) is 2.46. The van der Waals surface area contributed by atoms with E-state index < -0.39 is 0 Å². The summed E-state index contributed by atoms with van der Waals surface area (Å²) in [5.41, 5.74) is 3.99. The van der Waals surface area contributed by atoms with Crippen LogP contribution in [-0.4, -0.2) is 7.05 Å². The topological polar surface area (TPSA) is 12.0 Å². The molecule has 0 aliphatic carbocycles. The molecule has 0 amide bonds. The maximum Gasteiger partial charge on any atom is 0.128 e. The van der Waals surface area contributed by atoms with Crippen molar-refractivity contribution < 1.29 is 4.39 Å². The van der Waals surface area contributed by atoms with Crippen molar-refractivity contribution in [1.29, 1.82) is 0 Å². The fourth-order valence-electron chi connectivity index (χ4n) is 2.47. The van der Waals surface area contributed by atoms with E-state index >= 15 is 0 Å². The molecule has 0 saturated carbocycles. The van der Waals surface area contributed by atoms with Crippen molar-refractivity contribution in [3.8, 4) is 0 Å². The maximum atomic E-state index is 14.3. The highest BCUT2D eigenvalue weighted by atomic mass is 32.1. The fourth-order valence-corrected chi connectivity index (χ4v) is 3.63. The average molecular weight is 277 g/mol. The van der Waals surface area contributed by atoms with E-state index in [1.54, 1.807) is 17.4 Å². The normalized spacial score (nSPS) is 12.7. The van der Waals surface area contributed by atoms with Gasteiger partial charge in [-0.05, 0) is 63.6 Å². The van der Waals surface area contributed by atoms with Gasteiger partial charge in [0.2, 0.25) is 0 Å². The summed E-state index contributed by atoms with van der Waals surface area (Å²) in [5, 5.41) is 3.25. The summed E-state index contributed by atoms with van der Waals surface area (Å²) in [6, 6.07) is 5.73. The highest BCUT2D eigenvalue weighted by Gasteiger charge is 2.21. The fraction of sp³-hybridized carbons (Fsp3) is 0.375. The van der Waals surface area contributed by atoms with Gasteiger partial charge in [-0.15, -0.1) is 11.3 Å². The quantitative estimate of drug-likeness (QED) is 0.875. The Morgan fingerprint density at radius 3 is 2.21 bits per heavy atom. The number of nitrogens with one attached hydrogen (secondary N) is 1. The minimum atomic E-state index is -0.124. The first-order valence-electron chi connectivity index (χ1n) is 6.45. The molecule has 0 bridgehead atoms. The van der Waals surface area contributed by atoms with Crippen LogP contribution in [0.3, 0.4) is 0 Å². The Morgan fingerprint density at radius 2 is 1.74 bits per heavy atom. The zero-order chi connectivity index (χ0) is 14.2. The Balaban J connectivity index is 2.54. The standard InChI is InChI=1S/C16H20FNS/c1-9-6-11(3)15(13(17)7-9)16(18-5)14-8-10(2)12(4)19-14/h6-8,16,18H,1-5H3. The lowest BCUT2D eigenvalue weighted by atomic mass is 9.97. The highest BCUT2D eigenvalue weighted by Crippen LogP contribution is 2.33. The van der Waals surface area contributed by atoms with E-state index in [1.807, 2.05) is 27.0 Å². The van der Waals surface area contributed by atoms with Crippen LogP contribution in [0.25, 0.3) is 0 Å². The number of rotatable bonds is 3. The van der Waals surface area contributed by atoms with Crippen LogP contribution in [0.2, 0.25) is 0 Å². The minimum absolute atomic E-state index is 0.0713. The van der Waals surface area contributed by atoms with Crippen molar-refractivity contribution >= 4 is 11.3 Å². The third-order valence-electron chi connectivity index (χ3n) is 3.53. The third kappa shape index (κ3) is 2.72. The first-order chi connectivity index (χ1) is 8.93. The molecular weight excluding hydrogens is 257 g/mol. The molecule has 2 rings (SSSR count). The predicted octanol–water partition coefficient (Wildman–Crippen LogP) is 4.43. The summed E-state index contributed by atoms with van der Waals surface area (Å²) in [7, 11) is 1.88. The molecule has 1 heterocycles. The van der Waals surface area contributed by atoms with Gasteiger partial charge in [0.05, 0.1) is 6.04 Å². The van der Waals surface area contributed by atoms with Crippen molar-refractivity contribution in [3.63, 3.8) is 0 Å². The summed E-state index contributed by atoms with van der Waals surface area (Å²) < 4.78 is 14.3. The minimum Gasteiger partial charge on any atom is -0.309 e. The Bertz CT molecular complexity index is 558. The van der Waals surface area contributed by atoms with Gasteiger partial charge < -0.3 is 5.32 Å². The zero-order valence-electron chi connectivity index (χ0n) is 12.1. The van der Waals surface area contributed by atoms with E-state index in [0.29, 0.717) is 0 Å². The van der Waals surface area contributed by atoms with E-state index in [0.717, 1.165) is 16.7 Å².